The van der Waals surface area contributed by atoms with Crippen LogP contribution in [0.4, 0.5) is 13.2 Å². The molecular weight excluding hydrogens is 419 g/mol. The lowest BCUT2D eigenvalue weighted by Crippen LogP contribution is -2.41. The molecule has 2 aromatic heterocycles. The molecule has 1 aliphatic heterocycles. The van der Waals surface area contributed by atoms with Crippen molar-refractivity contribution < 1.29 is 13.2 Å². The van der Waals surface area contributed by atoms with Crippen LogP contribution < -0.4 is 15.2 Å². The van der Waals surface area contributed by atoms with Crippen molar-refractivity contribution in [2.45, 2.75) is 12.6 Å². The van der Waals surface area contributed by atoms with E-state index in [0.29, 0.717) is 18.5 Å². The summed E-state index contributed by atoms with van der Waals surface area (Å²) in [4.78, 5) is 4.70. The highest BCUT2D eigenvalue weighted by Crippen LogP contribution is 2.36. The Labute approximate surface area is 180 Å². The minimum absolute atomic E-state index is 0.204. The minimum Gasteiger partial charge on any atom is -0.305 e. The molecule has 0 aliphatic carbocycles. The smallest absolute Gasteiger partial charge is 0.305 e. The van der Waals surface area contributed by atoms with Gasteiger partial charge in [-0.1, -0.05) is 42.5 Å². The Hall–Kier alpha value is -3.32. The van der Waals surface area contributed by atoms with E-state index in [-0.39, 0.29) is 5.56 Å². The molecule has 4 aromatic rings. The molecule has 0 radical (unpaired) electrons. The second kappa shape index (κ2) is 7.74. The molecule has 156 valence electrons. The Morgan fingerprint density at radius 3 is 2.61 bits per heavy atom. The van der Waals surface area contributed by atoms with Gasteiger partial charge in [-0.25, -0.2) is 0 Å². The van der Waals surface area contributed by atoms with Gasteiger partial charge in [-0.05, 0) is 29.1 Å². The van der Waals surface area contributed by atoms with Crippen LogP contribution in [-0.4, -0.2) is 16.5 Å². The van der Waals surface area contributed by atoms with Crippen molar-refractivity contribution in [3.63, 3.8) is 0 Å². The van der Waals surface area contributed by atoms with Gasteiger partial charge in [0.15, 0.2) is 0 Å². The maximum atomic E-state index is 13.5. The van der Waals surface area contributed by atoms with Crippen LogP contribution in [0, 0.1) is 0 Å². The number of para-hydroxylation sites is 1. The molecule has 31 heavy (non-hydrogen) atoms. The average molecular weight is 437 g/mol. The van der Waals surface area contributed by atoms with Gasteiger partial charge in [-0.2, -0.15) is 13.2 Å². The third-order valence-corrected chi connectivity index (χ3v) is 6.24. The standard InChI is InChI=1S/C24H18F3N3S/c25-24(26,27)21-7-3-2-6-18(21)20-15-31-23-13-28-30(14-19(20)23)12-11-17-10-9-16-5-1-4-8-22(16)29-17/h1-10,13-15,28H,11-12H2. The maximum Gasteiger partial charge on any atom is 0.417 e. The molecule has 1 N–H and O–H groups in total. The Bertz CT molecular complexity index is 1370. The molecule has 0 saturated carbocycles. The normalized spacial score (nSPS) is 13.3. The highest BCUT2D eigenvalue weighted by molar-refractivity contribution is 7.08. The average Bonchev–Trinajstić information content (AvgIpc) is 3.20. The minimum atomic E-state index is -4.40. The van der Waals surface area contributed by atoms with Gasteiger partial charge < -0.3 is 5.43 Å². The van der Waals surface area contributed by atoms with Gasteiger partial charge in [-0.3, -0.25) is 9.99 Å². The van der Waals surface area contributed by atoms with Crippen LogP contribution in [0.5, 0.6) is 0 Å². The van der Waals surface area contributed by atoms with Crippen LogP contribution in [0.2, 0.25) is 0 Å². The molecule has 3 heterocycles. The first kappa shape index (κ1) is 19.6. The molecule has 0 spiro atoms. The molecule has 1 aliphatic rings. The summed E-state index contributed by atoms with van der Waals surface area (Å²) in [5, 5.41) is 5.58. The first-order valence-corrected chi connectivity index (χ1v) is 10.7. The summed E-state index contributed by atoms with van der Waals surface area (Å²) in [5.74, 6) is 0. The van der Waals surface area contributed by atoms with E-state index in [1.165, 1.54) is 23.5 Å². The summed E-state index contributed by atoms with van der Waals surface area (Å²) in [6.07, 6.45) is 0.0302. The van der Waals surface area contributed by atoms with Crippen LogP contribution in [0.15, 0.2) is 66.0 Å². The molecule has 0 fully saturated rings. The number of fused-ring (bicyclic) bond motifs is 2. The highest BCUT2D eigenvalue weighted by atomic mass is 32.1. The number of nitrogens with one attached hydrogen (secondary N) is 1. The fourth-order valence-electron chi connectivity index (χ4n) is 3.75. The molecule has 3 nitrogen and oxygen atoms in total. The largest absolute Gasteiger partial charge is 0.417 e. The fraction of sp³-hybridized carbons (Fsp3) is 0.125. The van der Waals surface area contributed by atoms with Crippen molar-refractivity contribution in [2.75, 3.05) is 6.54 Å². The maximum absolute atomic E-state index is 13.5. The number of hydrogen-bond acceptors (Lipinski definition) is 4. The van der Waals surface area contributed by atoms with Crippen molar-refractivity contribution in [1.29, 1.82) is 0 Å². The zero-order valence-corrected chi connectivity index (χ0v) is 17.2. The summed E-state index contributed by atoms with van der Waals surface area (Å²) in [6, 6.07) is 17.8. The molecule has 7 heteroatoms. The zero-order chi connectivity index (χ0) is 21.4. The fourth-order valence-corrected chi connectivity index (χ4v) is 4.66. The molecule has 0 atom stereocenters. The van der Waals surface area contributed by atoms with Gasteiger partial charge >= 0.3 is 6.18 Å². The number of hydrazine groups is 1. The predicted octanol–water partition coefficient (Wildman–Crippen LogP) is 4.52. The summed E-state index contributed by atoms with van der Waals surface area (Å²) < 4.78 is 41.5. The number of rotatable bonds is 4. The van der Waals surface area contributed by atoms with Crippen molar-refractivity contribution in [3.05, 3.63) is 87.1 Å². The third kappa shape index (κ3) is 3.88. The van der Waals surface area contributed by atoms with Gasteiger partial charge in [0.2, 0.25) is 0 Å². The van der Waals surface area contributed by atoms with E-state index in [1.54, 1.807) is 11.4 Å². The summed E-state index contributed by atoms with van der Waals surface area (Å²) in [7, 11) is 0. The Kier molecular flexibility index (Phi) is 4.90. The number of benzene rings is 2. The summed E-state index contributed by atoms with van der Waals surface area (Å²) in [5.41, 5.74) is 5.31. The summed E-state index contributed by atoms with van der Waals surface area (Å²) >= 11 is 1.43. The second-order valence-electron chi connectivity index (χ2n) is 7.31. The lowest BCUT2D eigenvalue weighted by Gasteiger charge is -2.22. The lowest BCUT2D eigenvalue weighted by atomic mass is 10.0. The topological polar surface area (TPSA) is 28.2 Å². The molecule has 5 rings (SSSR count). The van der Waals surface area contributed by atoms with E-state index in [0.717, 1.165) is 32.4 Å². The quantitative estimate of drug-likeness (QED) is 0.509. The number of pyridine rings is 1. The first-order chi connectivity index (χ1) is 15.0. The highest BCUT2D eigenvalue weighted by Gasteiger charge is 2.33. The predicted molar refractivity (Wildman–Crippen MR) is 118 cm³/mol. The van der Waals surface area contributed by atoms with Gasteiger partial charge in [0.05, 0.1) is 15.6 Å². The molecule has 0 unspecified atom stereocenters. The first-order valence-electron chi connectivity index (χ1n) is 9.83. The van der Waals surface area contributed by atoms with Crippen LogP contribution in [0.1, 0.15) is 11.3 Å². The number of nitrogens with zero attached hydrogens (tertiary/aromatic N) is 2. The molecule has 2 aromatic carbocycles. The lowest BCUT2D eigenvalue weighted by molar-refractivity contribution is -0.137. The molecular formula is C24H18F3N3S. The number of alkyl halides is 3. The van der Waals surface area contributed by atoms with Crippen molar-refractivity contribution in [2.24, 2.45) is 0 Å². The van der Waals surface area contributed by atoms with E-state index < -0.39 is 11.7 Å². The van der Waals surface area contributed by atoms with Gasteiger partial charge in [0.25, 0.3) is 0 Å². The third-order valence-electron chi connectivity index (χ3n) is 5.29. The van der Waals surface area contributed by atoms with Gasteiger partial charge in [0.1, 0.15) is 0 Å². The molecule has 0 bridgehead atoms. The van der Waals surface area contributed by atoms with Crippen LogP contribution >= 0.6 is 11.3 Å². The monoisotopic (exact) mass is 437 g/mol. The van der Waals surface area contributed by atoms with Crippen molar-refractivity contribution in [1.82, 2.24) is 15.4 Å². The Morgan fingerprint density at radius 1 is 0.935 bits per heavy atom. The number of thiophene rings is 1. The van der Waals surface area contributed by atoms with Crippen molar-refractivity contribution in [3.8, 4) is 11.1 Å². The van der Waals surface area contributed by atoms with Crippen LogP contribution in [0.3, 0.4) is 0 Å². The van der Waals surface area contributed by atoms with Crippen LogP contribution in [0.25, 0.3) is 34.4 Å². The SMILES string of the molecule is FC(F)(F)c1ccccc1-c1csc2c1=CN(CCc1ccc3ccccc3n1)NC=2. The van der Waals surface area contributed by atoms with Gasteiger partial charge in [0, 0.05) is 47.2 Å². The van der Waals surface area contributed by atoms with E-state index in [1.807, 2.05) is 47.7 Å². The Morgan fingerprint density at radius 2 is 1.74 bits per heavy atom. The van der Waals surface area contributed by atoms with E-state index in [4.69, 9.17) is 4.98 Å². The molecule has 0 amide bonds. The van der Waals surface area contributed by atoms with Crippen LogP contribution in [-0.2, 0) is 12.6 Å². The van der Waals surface area contributed by atoms with E-state index >= 15 is 0 Å². The van der Waals surface area contributed by atoms with E-state index in [2.05, 4.69) is 11.5 Å². The van der Waals surface area contributed by atoms with Crippen molar-refractivity contribution >= 4 is 34.6 Å². The molecule has 0 saturated heterocycles. The second-order valence-corrected chi connectivity index (χ2v) is 8.22. The van der Waals surface area contributed by atoms with Gasteiger partial charge in [-0.15, -0.1) is 11.3 Å². The Balaban J connectivity index is 1.43. The number of aromatic nitrogens is 1. The summed E-state index contributed by atoms with van der Waals surface area (Å²) in [6.45, 7) is 0.636. The number of halogens is 3. The number of hydrogen-bond donors (Lipinski definition) is 1. The zero-order valence-electron chi connectivity index (χ0n) is 16.4. The van der Waals surface area contributed by atoms with E-state index in [9.17, 15) is 13.2 Å².